The first-order chi connectivity index (χ1) is 15.0. The maximum Gasteiger partial charge on any atom is 0.230 e. The third-order valence-electron chi connectivity index (χ3n) is 4.91. The van der Waals surface area contributed by atoms with Gasteiger partial charge in [-0.15, -0.1) is 21.5 Å². The van der Waals surface area contributed by atoms with Crippen molar-refractivity contribution in [3.63, 3.8) is 0 Å². The fourth-order valence-corrected chi connectivity index (χ4v) is 4.17. The van der Waals surface area contributed by atoms with Crippen molar-refractivity contribution in [2.45, 2.75) is 31.2 Å². The van der Waals surface area contributed by atoms with Gasteiger partial charge in [-0.25, -0.2) is 9.97 Å². The quantitative estimate of drug-likeness (QED) is 0.463. The number of halogens is 1. The molecule has 0 saturated heterocycles. The van der Waals surface area contributed by atoms with Gasteiger partial charge in [-0.2, -0.15) is 9.65 Å². The van der Waals surface area contributed by atoms with Gasteiger partial charge in [0.05, 0.1) is 28.4 Å². The average Bonchev–Trinajstić information content (AvgIpc) is 3.19. The average molecular weight is 434 g/mol. The molecule has 5 rings (SSSR count). The van der Waals surface area contributed by atoms with Crippen molar-refractivity contribution in [2.24, 2.45) is 0 Å². The maximum absolute atomic E-state index is 13.4. The van der Waals surface area contributed by atoms with Crippen LogP contribution in [-0.2, 0) is 17.6 Å². The van der Waals surface area contributed by atoms with E-state index < -0.39 is 11.5 Å². The van der Waals surface area contributed by atoms with Crippen molar-refractivity contribution in [2.75, 3.05) is 0 Å². The van der Waals surface area contributed by atoms with Crippen LogP contribution in [-0.4, -0.2) is 31.6 Å². The van der Waals surface area contributed by atoms with Gasteiger partial charge in [-0.1, -0.05) is 12.1 Å². The second-order valence-corrected chi connectivity index (χ2v) is 8.44. The lowest BCUT2D eigenvalue weighted by Gasteiger charge is -2.06. The summed E-state index contributed by atoms with van der Waals surface area (Å²) in [5.41, 5.74) is 1.45. The molecule has 1 saturated carbocycles. The molecule has 1 fully saturated rings. The number of carbonyl (C=O) groups is 1. The van der Waals surface area contributed by atoms with E-state index in [1.165, 1.54) is 17.4 Å². The van der Waals surface area contributed by atoms with Crippen LogP contribution in [0.2, 0.25) is 0 Å². The summed E-state index contributed by atoms with van der Waals surface area (Å²) in [6, 6.07) is 12.4. The zero-order valence-corrected chi connectivity index (χ0v) is 16.9. The van der Waals surface area contributed by atoms with E-state index in [-0.39, 0.29) is 18.2 Å². The Morgan fingerprint density at radius 2 is 2.06 bits per heavy atom. The summed E-state index contributed by atoms with van der Waals surface area (Å²) in [6.07, 6.45) is 1.60. The highest BCUT2D eigenvalue weighted by atomic mass is 32.1. The Labute approximate surface area is 179 Å². The first kappa shape index (κ1) is 19.3. The van der Waals surface area contributed by atoms with Gasteiger partial charge in [0.1, 0.15) is 17.0 Å². The van der Waals surface area contributed by atoms with E-state index in [4.69, 9.17) is 9.68 Å². The summed E-state index contributed by atoms with van der Waals surface area (Å²) in [4.78, 5) is 20.5. The Hall–Kier alpha value is -3.71. The highest BCUT2D eigenvalue weighted by Crippen LogP contribution is 2.34. The second-order valence-electron chi connectivity index (χ2n) is 7.32. The Kier molecular flexibility index (Phi) is 4.67. The van der Waals surface area contributed by atoms with E-state index in [9.17, 15) is 9.18 Å². The smallest absolute Gasteiger partial charge is 0.230 e. The highest BCUT2D eigenvalue weighted by Gasteiger charge is 2.44. The molecule has 154 valence electrons. The van der Waals surface area contributed by atoms with Gasteiger partial charge >= 0.3 is 0 Å². The molecule has 8 nitrogen and oxygen atoms in total. The molecule has 4 aromatic rings. The Balaban J connectivity index is 1.28. The van der Waals surface area contributed by atoms with Crippen LogP contribution in [0.1, 0.15) is 29.6 Å². The van der Waals surface area contributed by atoms with Gasteiger partial charge in [0.2, 0.25) is 23.6 Å². The number of hydrogen-bond acceptors (Lipinski definition) is 8. The van der Waals surface area contributed by atoms with Crippen molar-refractivity contribution >= 4 is 27.5 Å². The van der Waals surface area contributed by atoms with Crippen LogP contribution in [0, 0.1) is 17.3 Å². The third-order valence-corrected chi connectivity index (χ3v) is 5.93. The molecule has 0 spiro atoms. The Morgan fingerprint density at radius 1 is 1.23 bits per heavy atom. The highest BCUT2D eigenvalue weighted by molar-refractivity contribution is 7.18. The molecule has 1 aromatic carbocycles. The van der Waals surface area contributed by atoms with Gasteiger partial charge in [0.25, 0.3) is 0 Å². The van der Waals surface area contributed by atoms with Crippen LogP contribution in [0.3, 0.4) is 0 Å². The lowest BCUT2D eigenvalue weighted by molar-refractivity contribution is -0.121. The minimum absolute atomic E-state index is 0.0692. The van der Waals surface area contributed by atoms with Crippen molar-refractivity contribution in [1.82, 2.24) is 25.5 Å². The molecular weight excluding hydrogens is 419 g/mol. The zero-order chi connectivity index (χ0) is 21.4. The number of thiazole rings is 1. The molecule has 1 aliphatic rings. The molecule has 1 aliphatic carbocycles. The number of amides is 1. The number of pyridine rings is 1. The van der Waals surface area contributed by atoms with Crippen LogP contribution < -0.4 is 5.32 Å². The minimum Gasteiger partial charge on any atom is -0.424 e. The van der Waals surface area contributed by atoms with Crippen LogP contribution >= 0.6 is 11.3 Å². The first-order valence-electron chi connectivity index (χ1n) is 9.58. The van der Waals surface area contributed by atoms with E-state index >= 15 is 0 Å². The standard InChI is InChI=1S/C21H15FN6O2S/c22-16-3-1-2-13(24-16)12-4-5-14-15(8-12)31-20(25-14)10-19-28-27-18(30-19)9-17(29)26-21(11-23)6-7-21/h1-5,8H,6-7,9-10H2,(H,26,29). The van der Waals surface area contributed by atoms with Gasteiger partial charge in [-0.05, 0) is 37.1 Å². The van der Waals surface area contributed by atoms with Crippen LogP contribution in [0.15, 0.2) is 40.8 Å². The molecule has 0 atom stereocenters. The van der Waals surface area contributed by atoms with E-state index in [1.807, 2.05) is 18.2 Å². The largest absolute Gasteiger partial charge is 0.424 e. The Bertz CT molecular complexity index is 1340. The van der Waals surface area contributed by atoms with Gasteiger partial charge in [0.15, 0.2) is 0 Å². The normalized spacial score (nSPS) is 14.3. The molecule has 0 bridgehead atoms. The molecule has 0 unspecified atom stereocenters. The van der Waals surface area contributed by atoms with Gasteiger partial charge < -0.3 is 9.73 Å². The predicted octanol–water partition coefficient (Wildman–Crippen LogP) is 3.19. The zero-order valence-electron chi connectivity index (χ0n) is 16.1. The van der Waals surface area contributed by atoms with Crippen molar-refractivity contribution in [3.05, 3.63) is 59.1 Å². The fraction of sp³-hybridized carbons (Fsp3) is 0.238. The summed E-state index contributed by atoms with van der Waals surface area (Å²) in [7, 11) is 0. The number of fused-ring (bicyclic) bond motifs is 1. The molecular formula is C21H15FN6O2S. The summed E-state index contributed by atoms with van der Waals surface area (Å²) in [6.45, 7) is 0. The summed E-state index contributed by atoms with van der Waals surface area (Å²) >= 11 is 1.47. The predicted molar refractivity (Wildman–Crippen MR) is 109 cm³/mol. The molecule has 3 heterocycles. The number of hydrogen-bond donors (Lipinski definition) is 1. The second kappa shape index (κ2) is 7.52. The number of nitrogens with zero attached hydrogens (tertiary/aromatic N) is 5. The third kappa shape index (κ3) is 4.13. The topological polar surface area (TPSA) is 118 Å². The van der Waals surface area contributed by atoms with E-state index in [2.05, 4.69) is 31.6 Å². The van der Waals surface area contributed by atoms with E-state index in [0.29, 0.717) is 30.8 Å². The number of rotatable bonds is 6. The molecule has 3 aromatic heterocycles. The van der Waals surface area contributed by atoms with E-state index in [1.54, 1.807) is 12.1 Å². The van der Waals surface area contributed by atoms with Crippen molar-refractivity contribution < 1.29 is 13.6 Å². The minimum atomic E-state index is -0.721. The number of nitriles is 1. The van der Waals surface area contributed by atoms with Crippen molar-refractivity contribution in [1.29, 1.82) is 5.26 Å². The van der Waals surface area contributed by atoms with Crippen LogP contribution in [0.25, 0.3) is 21.5 Å². The number of nitrogens with one attached hydrogen (secondary N) is 1. The lowest BCUT2D eigenvalue weighted by Crippen LogP contribution is -2.36. The number of aromatic nitrogens is 4. The van der Waals surface area contributed by atoms with Crippen LogP contribution in [0.5, 0.6) is 0 Å². The molecule has 0 radical (unpaired) electrons. The summed E-state index contributed by atoms with van der Waals surface area (Å²) in [5.74, 6) is -0.284. The molecule has 31 heavy (non-hydrogen) atoms. The first-order valence-corrected chi connectivity index (χ1v) is 10.4. The van der Waals surface area contributed by atoms with Crippen LogP contribution in [0.4, 0.5) is 4.39 Å². The molecule has 0 aliphatic heterocycles. The van der Waals surface area contributed by atoms with E-state index in [0.717, 1.165) is 20.8 Å². The number of benzene rings is 1. The van der Waals surface area contributed by atoms with Gasteiger partial charge in [-0.3, -0.25) is 4.79 Å². The number of carbonyl (C=O) groups excluding carboxylic acids is 1. The Morgan fingerprint density at radius 3 is 2.84 bits per heavy atom. The fourth-order valence-electron chi connectivity index (χ4n) is 3.18. The van der Waals surface area contributed by atoms with Crippen molar-refractivity contribution in [3.8, 4) is 17.3 Å². The summed E-state index contributed by atoms with van der Waals surface area (Å²) in [5, 5.41) is 20.4. The molecule has 1 amide bonds. The molecule has 1 N–H and O–H groups in total. The van der Waals surface area contributed by atoms with Gasteiger partial charge in [0, 0.05) is 5.56 Å². The monoisotopic (exact) mass is 434 g/mol. The SMILES string of the molecule is N#CC1(NC(=O)Cc2nnc(Cc3nc4ccc(-c5cccc(F)n5)cc4s3)o2)CC1. The summed E-state index contributed by atoms with van der Waals surface area (Å²) < 4.78 is 19.9. The molecule has 10 heteroatoms. The maximum atomic E-state index is 13.4. The lowest BCUT2D eigenvalue weighted by atomic mass is 10.1.